The van der Waals surface area contributed by atoms with Crippen molar-refractivity contribution >= 4 is 27.3 Å². The Morgan fingerprint density at radius 2 is 1.90 bits per heavy atom. The summed E-state index contributed by atoms with van der Waals surface area (Å²) in [5.41, 5.74) is 0.530. The van der Waals surface area contributed by atoms with E-state index in [1.165, 1.54) is 25.3 Å². The number of rotatable bonds is 9. The highest BCUT2D eigenvalue weighted by Crippen LogP contribution is 2.28. The number of non-ortho nitro benzene ring substituents is 1. The number of hydrogen-bond acceptors (Lipinski definition) is 6. The van der Waals surface area contributed by atoms with Gasteiger partial charge in [-0.15, -0.1) is 0 Å². The maximum atomic E-state index is 13.0. The molecule has 10 heteroatoms. The summed E-state index contributed by atoms with van der Waals surface area (Å²) >= 11 is 0. The molecule has 0 spiro atoms. The Morgan fingerprint density at radius 3 is 2.47 bits per heavy atom. The highest BCUT2D eigenvalue weighted by atomic mass is 32.2. The Kier molecular flexibility index (Phi) is 7.38. The number of nitrogens with zero attached hydrogens (tertiary/aromatic N) is 2. The van der Waals surface area contributed by atoms with Gasteiger partial charge in [0.05, 0.1) is 30.0 Å². The van der Waals surface area contributed by atoms with Gasteiger partial charge in [0, 0.05) is 17.7 Å². The van der Waals surface area contributed by atoms with Crippen molar-refractivity contribution in [2.75, 3.05) is 17.7 Å². The van der Waals surface area contributed by atoms with Gasteiger partial charge in [-0.2, -0.15) is 0 Å². The zero-order valence-electron chi connectivity index (χ0n) is 17.2. The number of ether oxygens (including phenoxy) is 1. The maximum absolute atomic E-state index is 13.0. The summed E-state index contributed by atoms with van der Waals surface area (Å²) in [6.07, 6.45) is 1.13. The molecule has 2 aromatic rings. The molecule has 0 saturated carbocycles. The van der Waals surface area contributed by atoms with Crippen molar-refractivity contribution in [2.24, 2.45) is 0 Å². The molecular weight excluding hydrogens is 410 g/mol. The van der Waals surface area contributed by atoms with Crippen molar-refractivity contribution in [3.63, 3.8) is 0 Å². The molecule has 30 heavy (non-hydrogen) atoms. The van der Waals surface area contributed by atoms with E-state index >= 15 is 0 Å². The van der Waals surface area contributed by atoms with Crippen LogP contribution >= 0.6 is 0 Å². The molecule has 0 aliphatic heterocycles. The summed E-state index contributed by atoms with van der Waals surface area (Å²) in [5, 5.41) is 13.9. The van der Waals surface area contributed by atoms with Gasteiger partial charge in [-0.25, -0.2) is 8.42 Å². The SMILES string of the molecule is CC[C@H](C(=O)N[C@@H](C)c1ccccc1OC)N(c1cccc([N+](=O)[O-])c1)S(C)(=O)=O. The molecule has 0 radical (unpaired) electrons. The van der Waals surface area contributed by atoms with Crippen LogP contribution in [0.1, 0.15) is 31.9 Å². The molecule has 9 nitrogen and oxygen atoms in total. The average molecular weight is 436 g/mol. The van der Waals surface area contributed by atoms with Crippen molar-refractivity contribution in [3.05, 3.63) is 64.2 Å². The summed E-state index contributed by atoms with van der Waals surface area (Å²) in [6, 6.07) is 10.9. The minimum atomic E-state index is -3.90. The number of nitro benzene ring substituents is 1. The van der Waals surface area contributed by atoms with Crippen LogP contribution in [0.15, 0.2) is 48.5 Å². The van der Waals surface area contributed by atoms with Gasteiger partial charge in [-0.1, -0.05) is 31.2 Å². The van der Waals surface area contributed by atoms with E-state index < -0.39 is 32.9 Å². The smallest absolute Gasteiger partial charge is 0.271 e. The number of methoxy groups -OCH3 is 1. The molecule has 0 aliphatic carbocycles. The first-order valence-corrected chi connectivity index (χ1v) is 11.1. The zero-order chi connectivity index (χ0) is 22.5. The number of sulfonamides is 1. The number of hydrogen-bond donors (Lipinski definition) is 1. The molecule has 2 rings (SSSR count). The van der Waals surface area contributed by atoms with Crippen LogP contribution < -0.4 is 14.4 Å². The highest BCUT2D eigenvalue weighted by molar-refractivity contribution is 7.92. The molecule has 162 valence electrons. The predicted octanol–water partition coefficient (Wildman–Crippen LogP) is 3.03. The molecule has 1 amide bonds. The van der Waals surface area contributed by atoms with Crippen LogP contribution in [0.25, 0.3) is 0 Å². The number of carbonyl (C=O) groups is 1. The Morgan fingerprint density at radius 1 is 1.23 bits per heavy atom. The Bertz CT molecular complexity index is 1020. The molecule has 0 fully saturated rings. The van der Waals surface area contributed by atoms with Crippen LogP contribution in [0, 0.1) is 10.1 Å². The number of benzene rings is 2. The van der Waals surface area contributed by atoms with Crippen molar-refractivity contribution in [1.29, 1.82) is 0 Å². The van der Waals surface area contributed by atoms with Gasteiger partial charge in [0.25, 0.3) is 5.69 Å². The third-order valence-electron chi connectivity index (χ3n) is 4.59. The van der Waals surface area contributed by atoms with Gasteiger partial charge in [0.2, 0.25) is 15.9 Å². The lowest BCUT2D eigenvalue weighted by atomic mass is 10.1. The fourth-order valence-electron chi connectivity index (χ4n) is 3.22. The second kappa shape index (κ2) is 9.57. The number of nitro groups is 1. The number of carbonyl (C=O) groups excluding carboxylic acids is 1. The number of nitrogens with one attached hydrogen (secondary N) is 1. The van der Waals surface area contributed by atoms with Gasteiger partial charge in [0.1, 0.15) is 11.8 Å². The molecule has 1 N–H and O–H groups in total. The zero-order valence-corrected chi connectivity index (χ0v) is 18.0. The Labute approximate surface area is 175 Å². The van der Waals surface area contributed by atoms with E-state index in [2.05, 4.69) is 5.32 Å². The van der Waals surface area contributed by atoms with Crippen molar-refractivity contribution < 1.29 is 22.9 Å². The van der Waals surface area contributed by atoms with Gasteiger partial charge in [-0.05, 0) is 25.5 Å². The van der Waals surface area contributed by atoms with Gasteiger partial charge in [-0.3, -0.25) is 19.2 Å². The van der Waals surface area contributed by atoms with Crippen LogP contribution in [-0.2, 0) is 14.8 Å². The molecule has 0 aromatic heterocycles. The van der Waals surface area contributed by atoms with Crippen LogP contribution in [0.4, 0.5) is 11.4 Å². The molecule has 0 aliphatic rings. The highest BCUT2D eigenvalue weighted by Gasteiger charge is 2.33. The predicted molar refractivity (Wildman–Crippen MR) is 114 cm³/mol. The summed E-state index contributed by atoms with van der Waals surface area (Å²) < 4.78 is 31.3. The number of amides is 1. The maximum Gasteiger partial charge on any atom is 0.271 e. The summed E-state index contributed by atoms with van der Waals surface area (Å²) in [7, 11) is -2.38. The lowest BCUT2D eigenvalue weighted by Crippen LogP contribution is -2.49. The van der Waals surface area contributed by atoms with Gasteiger partial charge < -0.3 is 10.1 Å². The normalized spacial score (nSPS) is 13.2. The minimum Gasteiger partial charge on any atom is -0.496 e. The van der Waals surface area contributed by atoms with Crippen LogP contribution in [0.3, 0.4) is 0 Å². The molecule has 0 saturated heterocycles. The van der Waals surface area contributed by atoms with Gasteiger partial charge >= 0.3 is 0 Å². The molecule has 0 unspecified atom stereocenters. The Balaban J connectivity index is 2.39. The largest absolute Gasteiger partial charge is 0.496 e. The van der Waals surface area contributed by atoms with Crippen LogP contribution in [-0.4, -0.2) is 38.7 Å². The summed E-state index contributed by atoms with van der Waals surface area (Å²) in [5.74, 6) is 0.0739. The first-order chi connectivity index (χ1) is 14.1. The standard InChI is InChI=1S/C20H25N3O6S/c1-5-18(20(24)21-14(2)17-11-6-7-12-19(17)29-3)22(30(4,27)28)15-9-8-10-16(13-15)23(25)26/h6-14,18H,5H2,1-4H3,(H,21,24)/t14-,18+/m0/s1. The third kappa shape index (κ3) is 5.26. The quantitative estimate of drug-likeness (QED) is 0.478. The lowest BCUT2D eigenvalue weighted by Gasteiger charge is -2.31. The molecular formula is C20H25N3O6S. The van der Waals surface area contributed by atoms with Crippen LogP contribution in [0.2, 0.25) is 0 Å². The van der Waals surface area contributed by atoms with E-state index in [-0.39, 0.29) is 17.8 Å². The number of para-hydroxylation sites is 1. The van der Waals surface area contributed by atoms with Crippen molar-refractivity contribution in [2.45, 2.75) is 32.4 Å². The summed E-state index contributed by atoms with van der Waals surface area (Å²) in [6.45, 7) is 3.44. The van der Waals surface area contributed by atoms with E-state index in [4.69, 9.17) is 4.74 Å². The van der Waals surface area contributed by atoms with Crippen molar-refractivity contribution in [1.82, 2.24) is 5.32 Å². The molecule has 0 heterocycles. The molecule has 2 aromatic carbocycles. The summed E-state index contributed by atoms with van der Waals surface area (Å²) in [4.78, 5) is 23.5. The topological polar surface area (TPSA) is 119 Å². The van der Waals surface area contributed by atoms with E-state index in [1.807, 2.05) is 6.07 Å². The van der Waals surface area contributed by atoms with E-state index in [1.54, 1.807) is 32.0 Å². The van der Waals surface area contributed by atoms with E-state index in [0.717, 1.165) is 22.2 Å². The van der Waals surface area contributed by atoms with E-state index in [0.29, 0.717) is 5.75 Å². The third-order valence-corrected chi connectivity index (χ3v) is 5.77. The second-order valence-corrected chi connectivity index (χ2v) is 8.59. The van der Waals surface area contributed by atoms with Gasteiger partial charge in [0.15, 0.2) is 0 Å². The fourth-order valence-corrected chi connectivity index (χ4v) is 4.42. The molecule has 2 atom stereocenters. The monoisotopic (exact) mass is 435 g/mol. The van der Waals surface area contributed by atoms with Crippen molar-refractivity contribution in [3.8, 4) is 5.75 Å². The average Bonchev–Trinajstić information content (AvgIpc) is 2.70. The minimum absolute atomic E-state index is 0.0543. The van der Waals surface area contributed by atoms with E-state index in [9.17, 15) is 23.3 Å². The second-order valence-electron chi connectivity index (χ2n) is 6.73. The lowest BCUT2D eigenvalue weighted by molar-refractivity contribution is -0.384. The first-order valence-electron chi connectivity index (χ1n) is 9.27. The first kappa shape index (κ1) is 23.1. The molecule has 0 bridgehead atoms. The van der Waals surface area contributed by atoms with Crippen LogP contribution in [0.5, 0.6) is 5.75 Å². The number of anilines is 1. The fraction of sp³-hybridized carbons (Fsp3) is 0.350. The Hall–Kier alpha value is -3.14.